The highest BCUT2D eigenvalue weighted by molar-refractivity contribution is 6.32. The van der Waals surface area contributed by atoms with Crippen LogP contribution in [0.5, 0.6) is 0 Å². The van der Waals surface area contributed by atoms with E-state index < -0.39 is 0 Å². The minimum Gasteiger partial charge on any atom is -0.452 e. The minimum atomic E-state index is -0.258. The maximum atomic E-state index is 11.4. The Morgan fingerprint density at radius 3 is 3.00 bits per heavy atom. The molecule has 3 nitrogen and oxygen atoms in total. The normalized spacial score (nSPS) is 12.2. The Balaban J connectivity index is 2.69. The Hall–Kier alpha value is -1.22. The smallest absolute Gasteiger partial charge is 0.256 e. The molecule has 1 N–H and O–H groups in total. The van der Waals surface area contributed by atoms with E-state index in [2.05, 4.69) is 11.9 Å². The predicted molar refractivity (Wildman–Crippen MR) is 50.8 cm³/mol. The lowest BCUT2D eigenvalue weighted by atomic mass is 10.3. The van der Waals surface area contributed by atoms with Crippen LogP contribution in [0.4, 0.5) is 0 Å². The van der Waals surface area contributed by atoms with Gasteiger partial charge in [0.05, 0.1) is 11.8 Å². The third-order valence-corrected chi connectivity index (χ3v) is 1.87. The molecule has 1 rings (SSSR count). The van der Waals surface area contributed by atoms with Gasteiger partial charge in [-0.1, -0.05) is 6.08 Å². The fraction of sp³-hybridized carbons (Fsp3) is 0.222. The summed E-state index contributed by atoms with van der Waals surface area (Å²) in [6.07, 6.45) is 3.00. The molecule has 1 aromatic rings. The van der Waals surface area contributed by atoms with Crippen molar-refractivity contribution < 1.29 is 9.21 Å². The number of rotatable bonds is 3. The largest absolute Gasteiger partial charge is 0.452 e. The van der Waals surface area contributed by atoms with Gasteiger partial charge in [-0.2, -0.15) is 0 Å². The van der Waals surface area contributed by atoms with Gasteiger partial charge in [0, 0.05) is 6.04 Å². The van der Waals surface area contributed by atoms with E-state index in [1.165, 1.54) is 12.3 Å². The van der Waals surface area contributed by atoms with Gasteiger partial charge in [-0.15, -0.1) is 6.58 Å². The van der Waals surface area contributed by atoms with Crippen molar-refractivity contribution in [3.05, 3.63) is 35.8 Å². The molecular weight excluding hydrogens is 190 g/mol. The van der Waals surface area contributed by atoms with E-state index in [1.807, 2.05) is 6.92 Å². The number of hydrogen-bond donors (Lipinski definition) is 1. The predicted octanol–water partition coefficient (Wildman–Crippen LogP) is 2.24. The van der Waals surface area contributed by atoms with Crippen molar-refractivity contribution >= 4 is 17.5 Å². The first kappa shape index (κ1) is 9.86. The molecule has 1 amide bonds. The molecule has 1 aromatic heterocycles. The van der Waals surface area contributed by atoms with E-state index in [-0.39, 0.29) is 17.2 Å². The SMILES string of the molecule is C=CC(C)NC(=O)c1ccoc1Cl. The van der Waals surface area contributed by atoms with Crippen LogP contribution < -0.4 is 5.32 Å². The van der Waals surface area contributed by atoms with Crippen molar-refractivity contribution in [3.8, 4) is 0 Å². The Labute approximate surface area is 81.4 Å². The molecular formula is C9H10ClNO2. The third-order valence-electron chi connectivity index (χ3n) is 1.57. The first-order chi connectivity index (χ1) is 6.15. The van der Waals surface area contributed by atoms with Gasteiger partial charge in [0.25, 0.3) is 5.91 Å². The maximum absolute atomic E-state index is 11.4. The van der Waals surface area contributed by atoms with Crippen LogP contribution in [0.25, 0.3) is 0 Å². The number of furan rings is 1. The van der Waals surface area contributed by atoms with Crippen LogP contribution >= 0.6 is 11.6 Å². The van der Waals surface area contributed by atoms with Gasteiger partial charge in [0.2, 0.25) is 5.22 Å². The summed E-state index contributed by atoms with van der Waals surface area (Å²) < 4.78 is 4.78. The Kier molecular flexibility index (Phi) is 3.14. The summed E-state index contributed by atoms with van der Waals surface area (Å²) in [5.74, 6) is -0.258. The Bertz CT molecular complexity index is 319. The van der Waals surface area contributed by atoms with E-state index in [0.29, 0.717) is 5.56 Å². The summed E-state index contributed by atoms with van der Waals surface area (Å²) in [5.41, 5.74) is 0.343. The molecule has 0 aliphatic rings. The summed E-state index contributed by atoms with van der Waals surface area (Å²) in [6, 6.07) is 1.44. The maximum Gasteiger partial charge on any atom is 0.256 e. The van der Waals surface area contributed by atoms with Crippen molar-refractivity contribution in [1.82, 2.24) is 5.32 Å². The number of hydrogen-bond acceptors (Lipinski definition) is 2. The summed E-state index contributed by atoms with van der Waals surface area (Å²) in [6.45, 7) is 5.36. The second-order valence-electron chi connectivity index (χ2n) is 2.61. The molecule has 0 saturated carbocycles. The van der Waals surface area contributed by atoms with Crippen molar-refractivity contribution in [3.63, 3.8) is 0 Å². The number of halogens is 1. The van der Waals surface area contributed by atoms with Gasteiger partial charge >= 0.3 is 0 Å². The first-order valence-electron chi connectivity index (χ1n) is 3.81. The highest BCUT2D eigenvalue weighted by Crippen LogP contribution is 2.16. The molecule has 1 heterocycles. The van der Waals surface area contributed by atoms with E-state index >= 15 is 0 Å². The van der Waals surface area contributed by atoms with Crippen molar-refractivity contribution in [2.24, 2.45) is 0 Å². The average Bonchev–Trinajstić information content (AvgIpc) is 2.51. The minimum absolute atomic E-state index is 0.0848. The lowest BCUT2D eigenvalue weighted by Gasteiger charge is -2.07. The fourth-order valence-electron chi connectivity index (χ4n) is 0.799. The van der Waals surface area contributed by atoms with Crippen LogP contribution in [0, 0.1) is 0 Å². The molecule has 70 valence electrons. The number of nitrogens with one attached hydrogen (secondary N) is 1. The van der Waals surface area contributed by atoms with Gasteiger partial charge in [0.15, 0.2) is 0 Å². The van der Waals surface area contributed by atoms with E-state index in [9.17, 15) is 4.79 Å². The van der Waals surface area contributed by atoms with Crippen LogP contribution in [-0.2, 0) is 0 Å². The van der Waals surface area contributed by atoms with Crippen molar-refractivity contribution in [2.45, 2.75) is 13.0 Å². The quantitative estimate of drug-likeness (QED) is 0.759. The lowest BCUT2D eigenvalue weighted by molar-refractivity contribution is 0.0946. The molecule has 0 fully saturated rings. The third kappa shape index (κ3) is 2.36. The highest BCUT2D eigenvalue weighted by Gasteiger charge is 2.13. The van der Waals surface area contributed by atoms with Crippen LogP contribution in [0.3, 0.4) is 0 Å². The van der Waals surface area contributed by atoms with E-state index in [0.717, 1.165) is 0 Å². The van der Waals surface area contributed by atoms with Gasteiger partial charge < -0.3 is 9.73 Å². The number of carbonyl (C=O) groups is 1. The summed E-state index contributed by atoms with van der Waals surface area (Å²) in [4.78, 5) is 11.4. The average molecular weight is 200 g/mol. The second kappa shape index (κ2) is 4.14. The van der Waals surface area contributed by atoms with Gasteiger partial charge in [0.1, 0.15) is 0 Å². The molecule has 4 heteroatoms. The molecule has 1 unspecified atom stereocenters. The van der Waals surface area contributed by atoms with Gasteiger partial charge in [-0.25, -0.2) is 0 Å². The van der Waals surface area contributed by atoms with Crippen LogP contribution in [-0.4, -0.2) is 11.9 Å². The zero-order valence-corrected chi connectivity index (χ0v) is 7.97. The molecule has 0 aromatic carbocycles. The topological polar surface area (TPSA) is 42.2 Å². The summed E-state index contributed by atoms with van der Waals surface area (Å²) >= 11 is 5.61. The molecule has 0 spiro atoms. The Morgan fingerprint density at radius 1 is 1.85 bits per heavy atom. The molecule has 0 aliphatic heterocycles. The molecule has 0 aliphatic carbocycles. The van der Waals surface area contributed by atoms with Crippen LogP contribution in [0.2, 0.25) is 5.22 Å². The van der Waals surface area contributed by atoms with Crippen LogP contribution in [0.1, 0.15) is 17.3 Å². The molecule has 0 radical (unpaired) electrons. The van der Waals surface area contributed by atoms with E-state index in [4.69, 9.17) is 16.0 Å². The summed E-state index contributed by atoms with van der Waals surface area (Å²) in [5, 5.41) is 2.78. The number of carbonyl (C=O) groups excluding carboxylic acids is 1. The van der Waals surface area contributed by atoms with Crippen molar-refractivity contribution in [1.29, 1.82) is 0 Å². The highest BCUT2D eigenvalue weighted by atomic mass is 35.5. The summed E-state index contributed by atoms with van der Waals surface area (Å²) in [7, 11) is 0. The molecule has 0 bridgehead atoms. The Morgan fingerprint density at radius 2 is 2.54 bits per heavy atom. The number of amides is 1. The van der Waals surface area contributed by atoms with Gasteiger partial charge in [-0.3, -0.25) is 4.79 Å². The zero-order valence-electron chi connectivity index (χ0n) is 7.21. The van der Waals surface area contributed by atoms with Gasteiger partial charge in [-0.05, 0) is 24.6 Å². The second-order valence-corrected chi connectivity index (χ2v) is 2.95. The van der Waals surface area contributed by atoms with E-state index in [1.54, 1.807) is 6.08 Å². The molecule has 0 saturated heterocycles. The first-order valence-corrected chi connectivity index (χ1v) is 4.19. The zero-order chi connectivity index (χ0) is 9.84. The van der Waals surface area contributed by atoms with Crippen LogP contribution in [0.15, 0.2) is 29.4 Å². The monoisotopic (exact) mass is 199 g/mol. The lowest BCUT2D eigenvalue weighted by Crippen LogP contribution is -2.30. The fourth-order valence-corrected chi connectivity index (χ4v) is 0.999. The molecule has 13 heavy (non-hydrogen) atoms. The standard InChI is InChI=1S/C9H10ClNO2/c1-3-6(2)11-9(12)7-4-5-13-8(7)10/h3-6H,1H2,2H3,(H,11,12). The van der Waals surface area contributed by atoms with Crippen molar-refractivity contribution in [2.75, 3.05) is 0 Å². The molecule has 1 atom stereocenters.